The molecule has 0 unspecified atom stereocenters. The standard InChI is InChI=1S/C30H24FN3O4S/c31-21-9-11-23(12-10-21)33-27-28(30(37)34(29(27)36)19-24-7-4-18-38-24)39-25-15-13-22(14-16-25)32-26(35)17-8-20-5-2-1-3-6-20/h1-7,9-16,18,33H,8,17,19H2,(H,32,35). The van der Waals surface area contributed by atoms with Gasteiger partial charge in [0.25, 0.3) is 11.8 Å². The molecule has 0 saturated heterocycles. The van der Waals surface area contributed by atoms with Crippen LogP contribution >= 0.6 is 11.8 Å². The first-order valence-electron chi connectivity index (χ1n) is 12.2. The second kappa shape index (κ2) is 11.8. The van der Waals surface area contributed by atoms with Gasteiger partial charge in [-0.25, -0.2) is 4.39 Å². The molecule has 0 atom stereocenters. The maximum atomic E-state index is 13.4. The number of halogens is 1. The molecule has 39 heavy (non-hydrogen) atoms. The number of hydrogen-bond acceptors (Lipinski definition) is 6. The first-order valence-corrected chi connectivity index (χ1v) is 13.0. The summed E-state index contributed by atoms with van der Waals surface area (Å²) in [5, 5.41) is 5.87. The molecule has 3 amide bonds. The maximum Gasteiger partial charge on any atom is 0.278 e. The zero-order valence-corrected chi connectivity index (χ0v) is 21.5. The Hall–Kier alpha value is -4.63. The Morgan fingerprint density at radius 2 is 1.56 bits per heavy atom. The molecule has 0 aliphatic carbocycles. The highest BCUT2D eigenvalue weighted by atomic mass is 32.2. The van der Waals surface area contributed by atoms with Crippen LogP contribution in [-0.4, -0.2) is 22.6 Å². The number of aryl methyl sites for hydroxylation is 1. The molecule has 0 spiro atoms. The summed E-state index contributed by atoms with van der Waals surface area (Å²) in [5.74, 6) is -1.02. The third kappa shape index (κ3) is 6.45. The van der Waals surface area contributed by atoms with Crippen molar-refractivity contribution in [2.24, 2.45) is 0 Å². The Labute approximate surface area is 228 Å². The Morgan fingerprint density at radius 1 is 0.846 bits per heavy atom. The van der Waals surface area contributed by atoms with Gasteiger partial charge in [-0.1, -0.05) is 42.1 Å². The van der Waals surface area contributed by atoms with E-state index in [4.69, 9.17) is 4.42 Å². The van der Waals surface area contributed by atoms with E-state index in [2.05, 4.69) is 10.6 Å². The first-order chi connectivity index (χ1) is 19.0. The van der Waals surface area contributed by atoms with Crippen LogP contribution in [0.15, 0.2) is 117 Å². The van der Waals surface area contributed by atoms with Gasteiger partial charge in [-0.15, -0.1) is 0 Å². The van der Waals surface area contributed by atoms with E-state index in [1.165, 1.54) is 30.5 Å². The molecule has 0 saturated carbocycles. The third-order valence-corrected chi connectivity index (χ3v) is 7.07. The minimum absolute atomic E-state index is 0.0166. The lowest BCUT2D eigenvalue weighted by Gasteiger charge is -2.13. The van der Waals surface area contributed by atoms with Crippen molar-refractivity contribution >= 4 is 40.9 Å². The molecule has 0 bridgehead atoms. The average molecular weight is 542 g/mol. The SMILES string of the molecule is O=C(CCc1ccccc1)Nc1ccc(SC2=C(Nc3ccc(F)cc3)C(=O)N(Cc3ccco3)C2=O)cc1. The van der Waals surface area contributed by atoms with Gasteiger partial charge in [0.15, 0.2) is 0 Å². The van der Waals surface area contributed by atoms with E-state index in [9.17, 15) is 18.8 Å². The van der Waals surface area contributed by atoms with Crippen LogP contribution in [0.1, 0.15) is 17.7 Å². The van der Waals surface area contributed by atoms with Gasteiger partial charge >= 0.3 is 0 Å². The number of nitrogens with zero attached hydrogens (tertiary/aromatic N) is 1. The molecule has 0 fully saturated rings. The van der Waals surface area contributed by atoms with Gasteiger partial charge in [-0.05, 0) is 72.6 Å². The number of imide groups is 1. The number of thioether (sulfide) groups is 1. The van der Waals surface area contributed by atoms with Crippen molar-refractivity contribution in [2.75, 3.05) is 10.6 Å². The van der Waals surface area contributed by atoms with Gasteiger partial charge in [-0.3, -0.25) is 19.3 Å². The molecule has 196 valence electrons. The molecule has 3 aromatic carbocycles. The minimum atomic E-state index is -0.509. The van der Waals surface area contributed by atoms with Crippen molar-refractivity contribution in [3.63, 3.8) is 0 Å². The summed E-state index contributed by atoms with van der Waals surface area (Å²) in [4.78, 5) is 41.0. The average Bonchev–Trinajstić information content (AvgIpc) is 3.54. The fourth-order valence-electron chi connectivity index (χ4n) is 3.99. The Balaban J connectivity index is 1.30. The monoisotopic (exact) mass is 541 g/mol. The Kier molecular flexibility index (Phi) is 7.88. The van der Waals surface area contributed by atoms with Crippen molar-refractivity contribution in [3.05, 3.63) is 125 Å². The highest BCUT2D eigenvalue weighted by molar-refractivity contribution is 8.04. The minimum Gasteiger partial charge on any atom is -0.467 e. The molecule has 2 N–H and O–H groups in total. The molecule has 4 aromatic rings. The molecule has 0 radical (unpaired) electrons. The number of rotatable bonds is 10. The summed E-state index contributed by atoms with van der Waals surface area (Å²) in [6.45, 7) is -0.0166. The quantitative estimate of drug-likeness (QED) is 0.240. The van der Waals surface area contributed by atoms with Crippen LogP contribution in [0.2, 0.25) is 0 Å². The molecule has 9 heteroatoms. The van der Waals surface area contributed by atoms with Crippen molar-refractivity contribution in [1.29, 1.82) is 0 Å². The molecule has 5 rings (SSSR count). The number of amides is 3. The summed E-state index contributed by atoms with van der Waals surface area (Å²) in [5.41, 5.74) is 2.29. The van der Waals surface area contributed by atoms with Crippen LogP contribution in [0.4, 0.5) is 15.8 Å². The van der Waals surface area contributed by atoms with Gasteiger partial charge in [0.05, 0.1) is 12.8 Å². The van der Waals surface area contributed by atoms with E-state index in [1.54, 1.807) is 36.4 Å². The van der Waals surface area contributed by atoms with E-state index in [0.717, 1.165) is 22.2 Å². The smallest absolute Gasteiger partial charge is 0.278 e. The predicted molar refractivity (Wildman–Crippen MR) is 147 cm³/mol. The number of furan rings is 1. The van der Waals surface area contributed by atoms with Gasteiger partial charge in [0, 0.05) is 22.7 Å². The number of hydrogen-bond donors (Lipinski definition) is 2. The molecule has 7 nitrogen and oxygen atoms in total. The fraction of sp³-hybridized carbons (Fsp3) is 0.100. The second-order valence-corrected chi connectivity index (χ2v) is 9.86. The number of benzene rings is 3. The van der Waals surface area contributed by atoms with Crippen molar-refractivity contribution in [3.8, 4) is 0 Å². The molecular formula is C30H24FN3O4S. The van der Waals surface area contributed by atoms with Crippen molar-refractivity contribution in [1.82, 2.24) is 4.90 Å². The zero-order chi connectivity index (χ0) is 27.2. The lowest BCUT2D eigenvalue weighted by molar-refractivity contribution is -0.138. The van der Waals surface area contributed by atoms with Gasteiger partial charge in [0.1, 0.15) is 22.2 Å². The van der Waals surface area contributed by atoms with Crippen molar-refractivity contribution in [2.45, 2.75) is 24.3 Å². The van der Waals surface area contributed by atoms with E-state index in [-0.39, 0.29) is 23.1 Å². The molecule has 1 aromatic heterocycles. The van der Waals surface area contributed by atoms with E-state index in [1.807, 2.05) is 30.3 Å². The lowest BCUT2D eigenvalue weighted by Crippen LogP contribution is -2.31. The van der Waals surface area contributed by atoms with Crippen LogP contribution in [0, 0.1) is 5.82 Å². The normalized spacial score (nSPS) is 13.2. The maximum absolute atomic E-state index is 13.4. The van der Waals surface area contributed by atoms with E-state index >= 15 is 0 Å². The highest BCUT2D eigenvalue weighted by Gasteiger charge is 2.39. The van der Waals surface area contributed by atoms with E-state index in [0.29, 0.717) is 34.9 Å². The van der Waals surface area contributed by atoms with Crippen LogP contribution in [0.25, 0.3) is 0 Å². The van der Waals surface area contributed by atoms with Gasteiger partial charge < -0.3 is 15.1 Å². The fourth-order valence-corrected chi connectivity index (χ4v) is 4.93. The van der Waals surface area contributed by atoms with Crippen LogP contribution < -0.4 is 10.6 Å². The topological polar surface area (TPSA) is 91.7 Å². The summed E-state index contributed by atoms with van der Waals surface area (Å²) in [6.07, 6.45) is 2.47. The van der Waals surface area contributed by atoms with Crippen molar-refractivity contribution < 1.29 is 23.2 Å². The van der Waals surface area contributed by atoms with Gasteiger partial charge in [-0.2, -0.15) is 0 Å². The lowest BCUT2D eigenvalue weighted by atomic mass is 10.1. The van der Waals surface area contributed by atoms with Crippen LogP contribution in [0.3, 0.4) is 0 Å². The van der Waals surface area contributed by atoms with Crippen LogP contribution in [-0.2, 0) is 27.3 Å². The number of carbonyl (C=O) groups is 3. The number of carbonyl (C=O) groups excluding carboxylic acids is 3. The Bertz CT molecular complexity index is 1500. The second-order valence-electron chi connectivity index (χ2n) is 8.77. The largest absolute Gasteiger partial charge is 0.467 e. The summed E-state index contributed by atoms with van der Waals surface area (Å²) in [7, 11) is 0. The number of nitrogens with one attached hydrogen (secondary N) is 2. The molecule has 1 aliphatic rings. The summed E-state index contributed by atoms with van der Waals surface area (Å²) >= 11 is 1.13. The third-order valence-electron chi connectivity index (χ3n) is 5.97. The molecule has 2 heterocycles. The Morgan fingerprint density at radius 3 is 2.26 bits per heavy atom. The summed E-state index contributed by atoms with van der Waals surface area (Å²) < 4.78 is 18.7. The highest BCUT2D eigenvalue weighted by Crippen LogP contribution is 2.37. The van der Waals surface area contributed by atoms with Crippen LogP contribution in [0.5, 0.6) is 0 Å². The first kappa shape index (κ1) is 26.0. The zero-order valence-electron chi connectivity index (χ0n) is 20.7. The van der Waals surface area contributed by atoms with Gasteiger partial charge in [0.2, 0.25) is 5.91 Å². The predicted octanol–water partition coefficient (Wildman–Crippen LogP) is 5.97. The summed E-state index contributed by atoms with van der Waals surface area (Å²) in [6, 6.07) is 25.7. The number of anilines is 2. The molecular weight excluding hydrogens is 517 g/mol. The molecule has 1 aliphatic heterocycles. The van der Waals surface area contributed by atoms with E-state index < -0.39 is 17.6 Å².